The highest BCUT2D eigenvalue weighted by Crippen LogP contribution is 2.37. The first-order chi connectivity index (χ1) is 11.8. The first kappa shape index (κ1) is 18.5. The van der Waals surface area contributed by atoms with Gasteiger partial charge in [-0.25, -0.2) is 4.79 Å². The number of carboxylic acid groups (broad SMARTS) is 1. The maximum Gasteiger partial charge on any atom is 0.330 e. The number of amides is 1. The maximum atomic E-state index is 12.2. The third kappa shape index (κ3) is 4.57. The Balaban J connectivity index is 2.01. The Morgan fingerprint density at radius 1 is 1.28 bits per heavy atom. The largest absolute Gasteiger partial charge is 0.507 e. The number of phenolic OH excluding ortho intramolecular Hbond substituents is 1. The molecule has 0 radical (unpaired) electrons. The minimum Gasteiger partial charge on any atom is -0.507 e. The van der Waals surface area contributed by atoms with Crippen molar-refractivity contribution in [3.8, 4) is 18.1 Å². The van der Waals surface area contributed by atoms with Gasteiger partial charge in [-0.2, -0.15) is 10.2 Å². The zero-order valence-electron chi connectivity index (χ0n) is 14.2. The zero-order chi connectivity index (χ0) is 18.6. The Labute approximate surface area is 146 Å². The van der Waals surface area contributed by atoms with Gasteiger partial charge in [0.05, 0.1) is 0 Å². The minimum atomic E-state index is -1.18. The average molecular weight is 343 g/mol. The molecule has 0 saturated carbocycles. The lowest BCUT2D eigenvalue weighted by atomic mass is 9.99. The van der Waals surface area contributed by atoms with Crippen LogP contribution in [-0.2, 0) is 9.59 Å². The summed E-state index contributed by atoms with van der Waals surface area (Å²) in [6.45, 7) is 3.36. The highest BCUT2D eigenvalue weighted by atomic mass is 16.4. The topological polar surface area (TPSA) is 111 Å². The Kier molecular flexibility index (Phi) is 5.42. The number of aliphatic carboxylic acids is 1. The van der Waals surface area contributed by atoms with Crippen LogP contribution in [-0.4, -0.2) is 27.8 Å². The molecule has 1 aliphatic rings. The van der Waals surface area contributed by atoms with E-state index in [0.717, 1.165) is 0 Å². The van der Waals surface area contributed by atoms with Gasteiger partial charge in [0.2, 0.25) is 5.91 Å². The fourth-order valence-corrected chi connectivity index (χ4v) is 2.66. The van der Waals surface area contributed by atoms with Gasteiger partial charge in [-0.1, -0.05) is 0 Å². The van der Waals surface area contributed by atoms with Crippen LogP contribution in [0.25, 0.3) is 0 Å². The third-order valence-electron chi connectivity index (χ3n) is 4.20. The van der Waals surface area contributed by atoms with Crippen LogP contribution < -0.4 is 5.32 Å². The van der Waals surface area contributed by atoms with Crippen molar-refractivity contribution in [1.82, 2.24) is 5.32 Å². The highest BCUT2D eigenvalue weighted by Gasteiger charge is 2.39. The summed E-state index contributed by atoms with van der Waals surface area (Å²) in [5.74, 6) is 1.07. The quantitative estimate of drug-likeness (QED) is 0.630. The number of hydrogen-bond donors (Lipinski definition) is 3. The molecule has 1 heterocycles. The van der Waals surface area contributed by atoms with Crippen molar-refractivity contribution in [1.29, 1.82) is 0 Å². The van der Waals surface area contributed by atoms with E-state index >= 15 is 0 Å². The fourth-order valence-electron chi connectivity index (χ4n) is 2.66. The molecular weight excluding hydrogens is 322 g/mol. The molecule has 0 fully saturated rings. The lowest BCUT2D eigenvalue weighted by Gasteiger charge is -2.17. The van der Waals surface area contributed by atoms with Crippen molar-refractivity contribution in [3.05, 3.63) is 28.8 Å². The van der Waals surface area contributed by atoms with E-state index in [1.165, 1.54) is 0 Å². The molecule has 25 heavy (non-hydrogen) atoms. The summed E-state index contributed by atoms with van der Waals surface area (Å²) >= 11 is 0. The number of hydrogen-bond acceptors (Lipinski definition) is 5. The monoisotopic (exact) mass is 343 g/mol. The molecule has 0 bridgehead atoms. The second-order valence-electron chi connectivity index (χ2n) is 6.23. The van der Waals surface area contributed by atoms with E-state index in [1.54, 1.807) is 26.0 Å². The van der Waals surface area contributed by atoms with Crippen LogP contribution in [0.15, 0.2) is 22.4 Å². The van der Waals surface area contributed by atoms with Crippen molar-refractivity contribution in [2.75, 3.05) is 0 Å². The van der Waals surface area contributed by atoms with E-state index in [2.05, 4.69) is 21.5 Å². The zero-order valence-corrected chi connectivity index (χ0v) is 14.2. The maximum absolute atomic E-state index is 12.2. The molecule has 0 aromatic heterocycles. The van der Waals surface area contributed by atoms with Gasteiger partial charge in [0.15, 0.2) is 11.7 Å². The van der Waals surface area contributed by atoms with Gasteiger partial charge in [0, 0.05) is 25.7 Å². The van der Waals surface area contributed by atoms with E-state index in [1.807, 2.05) is 0 Å². The van der Waals surface area contributed by atoms with Crippen LogP contribution in [0.4, 0.5) is 0 Å². The van der Waals surface area contributed by atoms with Crippen molar-refractivity contribution in [3.63, 3.8) is 0 Å². The molecule has 1 unspecified atom stereocenters. The first-order valence-corrected chi connectivity index (χ1v) is 7.98. The number of carbonyl (C=O) groups excluding carboxylic acids is 1. The molecule has 0 spiro atoms. The van der Waals surface area contributed by atoms with E-state index in [4.69, 9.17) is 6.42 Å². The second-order valence-corrected chi connectivity index (χ2v) is 6.23. The fraction of sp³-hybridized carbons (Fsp3) is 0.444. The third-order valence-corrected chi connectivity index (χ3v) is 4.20. The summed E-state index contributed by atoms with van der Waals surface area (Å²) in [4.78, 5) is 23.7. The summed E-state index contributed by atoms with van der Waals surface area (Å²) in [5, 5.41) is 29.7. The van der Waals surface area contributed by atoms with E-state index in [-0.39, 0.29) is 12.2 Å². The van der Waals surface area contributed by atoms with Crippen LogP contribution >= 0.6 is 0 Å². The minimum absolute atomic E-state index is 0.109. The lowest BCUT2D eigenvalue weighted by molar-refractivity contribution is -0.142. The predicted octanol–water partition coefficient (Wildman–Crippen LogP) is 2.61. The van der Waals surface area contributed by atoms with E-state index in [9.17, 15) is 19.8 Å². The van der Waals surface area contributed by atoms with Crippen molar-refractivity contribution >= 4 is 11.9 Å². The standard InChI is InChI=1S/C18H21N3O4/c1-4-5-7-18(20-21-18)8-6-14(22)19-15(17(24)25)13-9-11(2)16(23)12(3)10-13/h1,9-10,15,23H,5-8H2,2-3H3,(H,19,22)(H,24,25). The Morgan fingerprint density at radius 3 is 2.36 bits per heavy atom. The molecule has 1 amide bonds. The van der Waals surface area contributed by atoms with E-state index < -0.39 is 23.6 Å². The number of nitrogens with one attached hydrogen (secondary N) is 1. The van der Waals surface area contributed by atoms with Crippen molar-refractivity contribution in [2.24, 2.45) is 10.2 Å². The van der Waals surface area contributed by atoms with Crippen LogP contribution in [0, 0.1) is 26.2 Å². The lowest BCUT2D eigenvalue weighted by Crippen LogP contribution is -2.34. The van der Waals surface area contributed by atoms with Gasteiger partial charge in [-0.15, -0.1) is 12.3 Å². The summed E-state index contributed by atoms with van der Waals surface area (Å²) in [6.07, 6.45) is 6.85. The number of aryl methyl sites for hydroxylation is 2. The molecule has 1 atom stereocenters. The number of carboxylic acids is 1. The number of terminal acetylenes is 1. The summed E-state index contributed by atoms with van der Waals surface area (Å²) in [5.41, 5.74) is 0.948. The van der Waals surface area contributed by atoms with Crippen LogP contribution in [0.1, 0.15) is 48.4 Å². The SMILES string of the molecule is C#CCCC1(CCC(=O)NC(C(=O)O)c2cc(C)c(O)c(C)c2)N=N1. The predicted molar refractivity (Wildman–Crippen MR) is 91.0 cm³/mol. The number of benzene rings is 1. The molecule has 1 aliphatic heterocycles. The van der Waals surface area contributed by atoms with Crippen LogP contribution in [0.2, 0.25) is 0 Å². The number of nitrogens with zero attached hydrogens (tertiary/aromatic N) is 2. The Hall–Kier alpha value is -2.88. The summed E-state index contributed by atoms with van der Waals surface area (Å²) in [6, 6.07) is 1.93. The molecule has 2 rings (SSSR count). The normalized spacial score (nSPS) is 15.2. The van der Waals surface area contributed by atoms with Crippen molar-refractivity contribution < 1.29 is 19.8 Å². The first-order valence-electron chi connectivity index (χ1n) is 7.98. The molecule has 7 nitrogen and oxygen atoms in total. The molecule has 3 N–H and O–H groups in total. The molecular formula is C18H21N3O4. The molecule has 7 heteroatoms. The Morgan fingerprint density at radius 2 is 1.88 bits per heavy atom. The highest BCUT2D eigenvalue weighted by molar-refractivity contribution is 5.84. The summed E-state index contributed by atoms with van der Waals surface area (Å²) < 4.78 is 0. The number of rotatable bonds is 8. The van der Waals surface area contributed by atoms with Gasteiger partial charge >= 0.3 is 5.97 Å². The molecule has 1 aromatic carbocycles. The van der Waals surface area contributed by atoms with Gasteiger partial charge in [-0.05, 0) is 42.7 Å². The van der Waals surface area contributed by atoms with Gasteiger partial charge < -0.3 is 15.5 Å². The second kappa shape index (κ2) is 7.34. The molecule has 1 aromatic rings. The number of phenols is 1. The number of aromatic hydroxyl groups is 1. The van der Waals surface area contributed by atoms with Crippen LogP contribution in [0.3, 0.4) is 0 Å². The van der Waals surface area contributed by atoms with E-state index in [0.29, 0.717) is 36.0 Å². The molecule has 0 aliphatic carbocycles. The Bertz CT molecular complexity index is 735. The summed E-state index contributed by atoms with van der Waals surface area (Å²) in [7, 11) is 0. The van der Waals surface area contributed by atoms with Crippen LogP contribution in [0.5, 0.6) is 5.75 Å². The number of carbonyl (C=O) groups is 2. The van der Waals surface area contributed by atoms with Gasteiger partial charge in [0.25, 0.3) is 0 Å². The van der Waals surface area contributed by atoms with Gasteiger partial charge in [0.1, 0.15) is 5.75 Å². The smallest absolute Gasteiger partial charge is 0.330 e. The molecule has 132 valence electrons. The van der Waals surface area contributed by atoms with Crippen molar-refractivity contribution in [2.45, 2.75) is 51.2 Å². The molecule has 0 saturated heterocycles. The van der Waals surface area contributed by atoms with Gasteiger partial charge in [-0.3, -0.25) is 4.79 Å². The average Bonchev–Trinajstić information content (AvgIpc) is 3.33.